The van der Waals surface area contributed by atoms with Crippen LogP contribution in [0.3, 0.4) is 0 Å². The average Bonchev–Trinajstić information content (AvgIpc) is 3.10. The lowest BCUT2D eigenvalue weighted by Gasteiger charge is -2.10. The number of benzene rings is 1. The highest BCUT2D eigenvalue weighted by Gasteiger charge is 2.54. The van der Waals surface area contributed by atoms with E-state index in [0.717, 1.165) is 24.5 Å². The molecular formula is C22H24N2O3. The molecule has 27 heavy (non-hydrogen) atoms. The number of fused-ring (bicyclic) bond motifs is 1. The van der Waals surface area contributed by atoms with E-state index >= 15 is 0 Å². The van der Waals surface area contributed by atoms with Gasteiger partial charge >= 0.3 is 0 Å². The number of carbonyl (C=O) groups excluding carboxylic acids is 2. The number of nitrogens with one attached hydrogen (secondary N) is 1. The van der Waals surface area contributed by atoms with Crippen LogP contribution >= 0.6 is 0 Å². The van der Waals surface area contributed by atoms with Gasteiger partial charge < -0.3 is 10.1 Å². The predicted octanol–water partition coefficient (Wildman–Crippen LogP) is 2.89. The summed E-state index contributed by atoms with van der Waals surface area (Å²) in [5.74, 6) is 1.38. The van der Waals surface area contributed by atoms with Crippen molar-refractivity contribution >= 4 is 11.7 Å². The van der Waals surface area contributed by atoms with E-state index in [4.69, 9.17) is 4.74 Å². The van der Waals surface area contributed by atoms with E-state index in [1.165, 1.54) is 0 Å². The first-order valence-corrected chi connectivity index (χ1v) is 9.59. The van der Waals surface area contributed by atoms with Crippen molar-refractivity contribution in [2.75, 3.05) is 19.8 Å². The third-order valence-electron chi connectivity index (χ3n) is 5.55. The summed E-state index contributed by atoms with van der Waals surface area (Å²) < 4.78 is 5.41. The van der Waals surface area contributed by atoms with Crippen LogP contribution in [0.2, 0.25) is 0 Å². The van der Waals surface area contributed by atoms with Crippen LogP contribution in [0.25, 0.3) is 0 Å². The van der Waals surface area contributed by atoms with Gasteiger partial charge in [-0.3, -0.25) is 9.59 Å². The normalized spacial score (nSPS) is 22.9. The van der Waals surface area contributed by atoms with E-state index in [1.54, 1.807) is 6.07 Å². The molecule has 2 fully saturated rings. The Balaban J connectivity index is 1.57. The van der Waals surface area contributed by atoms with Gasteiger partial charge in [0, 0.05) is 30.6 Å². The van der Waals surface area contributed by atoms with Crippen molar-refractivity contribution in [3.8, 4) is 0 Å². The van der Waals surface area contributed by atoms with Crippen LogP contribution in [0.4, 0.5) is 0 Å². The van der Waals surface area contributed by atoms with E-state index in [2.05, 4.69) is 10.3 Å². The number of hydrogen-bond donors (Lipinski definition) is 1. The average molecular weight is 364 g/mol. The number of ether oxygens (including phenoxy) is 1. The summed E-state index contributed by atoms with van der Waals surface area (Å²) in [6.07, 6.45) is 1.12. The summed E-state index contributed by atoms with van der Waals surface area (Å²) >= 11 is 0. The topological polar surface area (TPSA) is 68.3 Å². The van der Waals surface area contributed by atoms with Crippen molar-refractivity contribution in [2.45, 2.75) is 19.8 Å². The van der Waals surface area contributed by atoms with Gasteiger partial charge in [0.05, 0.1) is 13.2 Å². The smallest absolute Gasteiger partial charge is 0.269 e. The zero-order chi connectivity index (χ0) is 18.8. The van der Waals surface area contributed by atoms with E-state index in [9.17, 15) is 9.59 Å². The molecule has 3 atom stereocenters. The largest absolute Gasteiger partial charge is 0.381 e. The Morgan fingerprint density at radius 1 is 1.15 bits per heavy atom. The molecule has 140 valence electrons. The van der Waals surface area contributed by atoms with Crippen LogP contribution in [0, 0.1) is 17.8 Å². The molecule has 1 aliphatic heterocycles. The Morgan fingerprint density at radius 2 is 1.89 bits per heavy atom. The molecule has 1 aromatic heterocycles. The van der Waals surface area contributed by atoms with Gasteiger partial charge in [-0.2, -0.15) is 0 Å². The van der Waals surface area contributed by atoms with Gasteiger partial charge in [-0.25, -0.2) is 4.98 Å². The number of carbonyl (C=O) groups is 2. The molecule has 2 heterocycles. The predicted molar refractivity (Wildman–Crippen MR) is 102 cm³/mol. The van der Waals surface area contributed by atoms with Crippen molar-refractivity contribution < 1.29 is 14.3 Å². The molecule has 4 rings (SSSR count). The number of rotatable bonds is 7. The number of nitrogens with zero attached hydrogens (tertiary/aromatic N) is 1. The van der Waals surface area contributed by atoms with Crippen LogP contribution < -0.4 is 5.32 Å². The molecule has 1 saturated heterocycles. The highest BCUT2D eigenvalue weighted by atomic mass is 16.5. The molecule has 1 amide bonds. The van der Waals surface area contributed by atoms with E-state index < -0.39 is 0 Å². The molecule has 5 heteroatoms. The summed E-state index contributed by atoms with van der Waals surface area (Å²) in [6.45, 7) is 3.95. The molecule has 1 aliphatic carbocycles. The van der Waals surface area contributed by atoms with Gasteiger partial charge in [-0.1, -0.05) is 30.3 Å². The van der Waals surface area contributed by atoms with Crippen LogP contribution in [-0.4, -0.2) is 36.4 Å². The zero-order valence-corrected chi connectivity index (χ0v) is 15.5. The van der Waals surface area contributed by atoms with Crippen LogP contribution in [0.1, 0.15) is 45.4 Å². The fraction of sp³-hybridized carbons (Fsp3) is 0.409. The zero-order valence-electron chi connectivity index (χ0n) is 15.5. The maximum atomic E-state index is 12.9. The molecule has 2 aliphatic rings. The third kappa shape index (κ3) is 3.93. The van der Waals surface area contributed by atoms with Crippen LogP contribution in [0.5, 0.6) is 0 Å². The standard InChI is InChI=1S/C22H24N2O3/c1-2-23-22(26)20-10-15(21(25)11-17-18-12-27-13-19(17)18)9-16(24-20)8-14-6-4-3-5-7-14/h3-7,9-10,17-19H,2,8,11-13H2,1H3,(H,23,26)/t17?,18-,19+. The number of pyridine rings is 1. The van der Waals surface area contributed by atoms with Gasteiger partial charge in [0.2, 0.25) is 0 Å². The summed E-state index contributed by atoms with van der Waals surface area (Å²) in [5.41, 5.74) is 2.74. The molecule has 0 bridgehead atoms. The summed E-state index contributed by atoms with van der Waals surface area (Å²) in [6, 6.07) is 13.4. The van der Waals surface area contributed by atoms with E-state index in [-0.39, 0.29) is 11.7 Å². The number of amides is 1. The second-order valence-corrected chi connectivity index (χ2v) is 7.41. The number of ketones is 1. The molecule has 0 radical (unpaired) electrons. The van der Waals surface area contributed by atoms with Gasteiger partial charge in [-0.05, 0) is 42.4 Å². The molecule has 0 spiro atoms. The lowest BCUT2D eigenvalue weighted by atomic mass is 10.0. The SMILES string of the molecule is CCNC(=O)c1cc(C(=O)CC2[C@H]3COC[C@@H]23)cc(Cc2ccccc2)n1. The quantitative estimate of drug-likeness (QED) is 0.767. The minimum absolute atomic E-state index is 0.0941. The van der Waals surface area contributed by atoms with Crippen molar-refractivity contribution in [3.63, 3.8) is 0 Å². The maximum absolute atomic E-state index is 12.9. The Bertz CT molecular complexity index is 840. The first-order valence-electron chi connectivity index (χ1n) is 9.59. The van der Waals surface area contributed by atoms with Crippen molar-refractivity contribution in [2.24, 2.45) is 17.8 Å². The van der Waals surface area contributed by atoms with Gasteiger partial charge in [0.1, 0.15) is 5.69 Å². The summed E-state index contributed by atoms with van der Waals surface area (Å²) in [5, 5.41) is 2.78. The lowest BCUT2D eigenvalue weighted by molar-refractivity contribution is 0.0950. The lowest BCUT2D eigenvalue weighted by Crippen LogP contribution is -2.24. The van der Waals surface area contributed by atoms with Gasteiger partial charge in [-0.15, -0.1) is 0 Å². The molecule has 1 saturated carbocycles. The second-order valence-electron chi connectivity index (χ2n) is 7.41. The number of aromatic nitrogens is 1. The van der Waals surface area contributed by atoms with Crippen molar-refractivity contribution in [1.82, 2.24) is 10.3 Å². The molecule has 1 aromatic carbocycles. The van der Waals surface area contributed by atoms with Crippen molar-refractivity contribution in [3.05, 3.63) is 65.0 Å². The third-order valence-corrected chi connectivity index (χ3v) is 5.55. The van der Waals surface area contributed by atoms with Crippen molar-refractivity contribution in [1.29, 1.82) is 0 Å². The number of hydrogen-bond acceptors (Lipinski definition) is 4. The molecule has 5 nitrogen and oxygen atoms in total. The fourth-order valence-corrected chi connectivity index (χ4v) is 4.01. The number of Topliss-reactive ketones (excluding diaryl/α,β-unsaturated/α-hetero) is 1. The van der Waals surface area contributed by atoms with E-state index in [1.807, 2.05) is 43.3 Å². The Labute approximate surface area is 159 Å². The molecule has 2 aromatic rings. The minimum Gasteiger partial charge on any atom is -0.381 e. The Kier molecular flexibility index (Phi) is 5.03. The highest BCUT2D eigenvalue weighted by Crippen LogP contribution is 2.52. The molecule has 1 N–H and O–H groups in total. The first-order chi connectivity index (χ1) is 13.2. The summed E-state index contributed by atoms with van der Waals surface area (Å²) in [7, 11) is 0. The minimum atomic E-state index is -0.238. The van der Waals surface area contributed by atoms with Crippen LogP contribution in [0.15, 0.2) is 42.5 Å². The highest BCUT2D eigenvalue weighted by molar-refractivity contribution is 6.00. The van der Waals surface area contributed by atoms with E-state index in [0.29, 0.717) is 48.4 Å². The second kappa shape index (κ2) is 7.61. The monoisotopic (exact) mass is 364 g/mol. The first kappa shape index (κ1) is 17.9. The maximum Gasteiger partial charge on any atom is 0.269 e. The fourth-order valence-electron chi connectivity index (χ4n) is 4.01. The van der Waals surface area contributed by atoms with Gasteiger partial charge in [0.25, 0.3) is 5.91 Å². The summed E-state index contributed by atoms with van der Waals surface area (Å²) in [4.78, 5) is 29.7. The Hall–Kier alpha value is -2.53. The van der Waals surface area contributed by atoms with Crippen LogP contribution in [-0.2, 0) is 11.2 Å². The Morgan fingerprint density at radius 3 is 2.59 bits per heavy atom. The molecular weight excluding hydrogens is 340 g/mol. The molecule has 1 unspecified atom stereocenters. The van der Waals surface area contributed by atoms with Gasteiger partial charge in [0.15, 0.2) is 5.78 Å².